The summed E-state index contributed by atoms with van der Waals surface area (Å²) < 4.78 is 34.1. The topological polar surface area (TPSA) is 38.8 Å². The normalized spacial score (nSPS) is 35.8. The molecule has 3 rings (SSSR count). The summed E-state index contributed by atoms with van der Waals surface area (Å²) in [6.45, 7) is 2.55. The zero-order chi connectivity index (χ0) is 13.3. The largest absolute Gasteiger partial charge is 0.513 e. The minimum absolute atomic E-state index is 0.157. The van der Waals surface area contributed by atoms with Crippen molar-refractivity contribution in [1.82, 2.24) is 4.90 Å². The average Bonchev–Trinajstić information content (AvgIpc) is 2.38. The Bertz CT molecular complexity index is 484. The van der Waals surface area contributed by atoms with Crippen LogP contribution in [-0.2, 0) is 20.2 Å². The summed E-state index contributed by atoms with van der Waals surface area (Å²) in [4.78, 5) is 2.21. The summed E-state index contributed by atoms with van der Waals surface area (Å²) in [6, 6.07) is 10.1. The summed E-state index contributed by atoms with van der Waals surface area (Å²) in [7, 11) is -4.31. The third-order valence-electron chi connectivity index (χ3n) is 3.73. The number of halogens is 1. The van der Waals surface area contributed by atoms with Crippen LogP contribution in [0.25, 0.3) is 0 Å². The van der Waals surface area contributed by atoms with E-state index in [1.165, 1.54) is 5.56 Å². The lowest BCUT2D eigenvalue weighted by Gasteiger charge is -2.40. The molecule has 19 heavy (non-hydrogen) atoms. The number of hydrogen-bond donors (Lipinski definition) is 0. The molecule has 0 bridgehead atoms. The molecule has 2 fully saturated rings. The van der Waals surface area contributed by atoms with E-state index < -0.39 is 7.91 Å². The maximum atomic E-state index is 13.3. The average molecular weight is 285 g/mol. The van der Waals surface area contributed by atoms with Gasteiger partial charge in [-0.15, -0.1) is 4.20 Å². The van der Waals surface area contributed by atoms with Gasteiger partial charge in [-0.3, -0.25) is 13.9 Å². The van der Waals surface area contributed by atoms with E-state index >= 15 is 0 Å². The lowest BCUT2D eigenvalue weighted by Crippen LogP contribution is -2.47. The minimum atomic E-state index is -4.31. The van der Waals surface area contributed by atoms with E-state index in [2.05, 4.69) is 21.6 Å². The second-order valence-electron chi connectivity index (χ2n) is 5.14. The van der Waals surface area contributed by atoms with E-state index in [9.17, 15) is 8.76 Å². The zero-order valence-electron chi connectivity index (χ0n) is 10.6. The molecule has 0 aromatic heterocycles. The van der Waals surface area contributed by atoms with E-state index in [1.54, 1.807) is 0 Å². The molecule has 0 radical (unpaired) electrons. The van der Waals surface area contributed by atoms with Gasteiger partial charge in [0.15, 0.2) is 0 Å². The molecule has 2 aliphatic rings. The molecule has 4 nitrogen and oxygen atoms in total. The van der Waals surface area contributed by atoms with Crippen LogP contribution in [0.4, 0.5) is 4.20 Å². The first-order valence-electron chi connectivity index (χ1n) is 6.51. The molecule has 0 amide bonds. The first kappa shape index (κ1) is 13.3. The van der Waals surface area contributed by atoms with Crippen molar-refractivity contribution in [2.24, 2.45) is 5.92 Å². The van der Waals surface area contributed by atoms with Crippen molar-refractivity contribution in [3.05, 3.63) is 35.9 Å². The first-order valence-corrected chi connectivity index (χ1v) is 7.95. The minimum Gasteiger partial charge on any atom is -0.296 e. The van der Waals surface area contributed by atoms with Crippen LogP contribution in [0.15, 0.2) is 30.3 Å². The molecule has 1 aromatic rings. The highest BCUT2D eigenvalue weighted by Crippen LogP contribution is 2.55. The molecule has 3 atom stereocenters. The fourth-order valence-electron chi connectivity index (χ4n) is 2.70. The van der Waals surface area contributed by atoms with Gasteiger partial charge in [-0.25, -0.2) is 4.57 Å². The molecule has 2 heterocycles. The van der Waals surface area contributed by atoms with Gasteiger partial charge in [0, 0.05) is 19.0 Å². The smallest absolute Gasteiger partial charge is 0.296 e. The number of fused-ring (bicyclic) bond motifs is 1. The maximum absolute atomic E-state index is 13.3. The summed E-state index contributed by atoms with van der Waals surface area (Å²) in [5, 5.41) is 0. The zero-order valence-corrected chi connectivity index (χ0v) is 11.5. The second-order valence-corrected chi connectivity index (χ2v) is 6.47. The van der Waals surface area contributed by atoms with E-state index in [0.29, 0.717) is 6.54 Å². The Morgan fingerprint density at radius 2 is 2.16 bits per heavy atom. The van der Waals surface area contributed by atoms with Crippen LogP contribution in [0.2, 0.25) is 0 Å². The van der Waals surface area contributed by atoms with E-state index in [0.717, 1.165) is 19.5 Å². The number of rotatable bonds is 2. The molecule has 0 aliphatic carbocycles. The number of nitrogens with zero attached hydrogens (tertiary/aromatic N) is 1. The van der Waals surface area contributed by atoms with Crippen LogP contribution in [0.3, 0.4) is 0 Å². The third-order valence-corrected chi connectivity index (χ3v) is 4.71. The Hall–Kier alpha value is -0.740. The van der Waals surface area contributed by atoms with Crippen LogP contribution >= 0.6 is 7.91 Å². The van der Waals surface area contributed by atoms with Gasteiger partial charge in [-0.2, -0.15) is 0 Å². The fraction of sp³-hybridized carbons (Fsp3) is 0.538. The molecule has 0 spiro atoms. The van der Waals surface area contributed by atoms with E-state index in [1.807, 2.05) is 18.2 Å². The SMILES string of the molecule is O=P1(F)OC[C@@H]2CCN(Cc3ccccc3)C[C@@H]2O1. The molecule has 2 aliphatic heterocycles. The van der Waals surface area contributed by atoms with Crippen LogP contribution in [0, 0.1) is 5.92 Å². The van der Waals surface area contributed by atoms with Crippen molar-refractivity contribution >= 4 is 7.91 Å². The van der Waals surface area contributed by atoms with Gasteiger partial charge in [-0.05, 0) is 18.5 Å². The molecule has 2 saturated heterocycles. The van der Waals surface area contributed by atoms with Crippen molar-refractivity contribution in [1.29, 1.82) is 0 Å². The van der Waals surface area contributed by atoms with Crippen molar-refractivity contribution in [3.8, 4) is 0 Å². The standard InChI is InChI=1S/C13H17FNO3P/c14-19(16)17-10-12-6-7-15(9-13(12)18-19)8-11-4-2-1-3-5-11/h1-5,12-13H,6-10H2/t12-,13-,19?/m0/s1. The Morgan fingerprint density at radius 1 is 1.37 bits per heavy atom. The van der Waals surface area contributed by atoms with Gasteiger partial charge >= 0.3 is 7.91 Å². The van der Waals surface area contributed by atoms with Crippen molar-refractivity contribution < 1.29 is 17.8 Å². The molecular formula is C13H17FNO3P. The number of piperidine rings is 1. The molecule has 6 heteroatoms. The molecular weight excluding hydrogens is 268 g/mol. The molecule has 0 N–H and O–H groups in total. The van der Waals surface area contributed by atoms with E-state index in [-0.39, 0.29) is 18.6 Å². The van der Waals surface area contributed by atoms with Crippen molar-refractivity contribution in [2.75, 3.05) is 19.7 Å². The predicted octanol–water partition coefficient (Wildman–Crippen LogP) is 3.00. The number of benzene rings is 1. The Kier molecular flexibility index (Phi) is 3.72. The summed E-state index contributed by atoms with van der Waals surface area (Å²) in [5.41, 5.74) is 1.22. The number of hydrogen-bond acceptors (Lipinski definition) is 4. The molecule has 1 aromatic carbocycles. The molecule has 0 saturated carbocycles. The highest BCUT2D eigenvalue weighted by atomic mass is 31.2. The van der Waals surface area contributed by atoms with E-state index in [4.69, 9.17) is 4.52 Å². The van der Waals surface area contributed by atoms with Gasteiger partial charge in [-0.1, -0.05) is 30.3 Å². The first-order chi connectivity index (χ1) is 9.12. The highest BCUT2D eigenvalue weighted by Gasteiger charge is 2.42. The lowest BCUT2D eigenvalue weighted by atomic mass is 9.94. The predicted molar refractivity (Wildman–Crippen MR) is 69.4 cm³/mol. The number of likely N-dealkylation sites (tertiary alicyclic amines) is 1. The quantitative estimate of drug-likeness (QED) is 0.783. The Balaban J connectivity index is 1.63. The fourth-order valence-corrected chi connectivity index (χ4v) is 3.69. The van der Waals surface area contributed by atoms with Gasteiger partial charge in [0.05, 0.1) is 12.7 Å². The van der Waals surface area contributed by atoms with Crippen molar-refractivity contribution in [2.45, 2.75) is 19.1 Å². The summed E-state index contributed by atoms with van der Waals surface area (Å²) >= 11 is 0. The van der Waals surface area contributed by atoms with Crippen LogP contribution < -0.4 is 0 Å². The van der Waals surface area contributed by atoms with Gasteiger partial charge in [0.25, 0.3) is 0 Å². The molecule has 1 unspecified atom stereocenters. The summed E-state index contributed by atoms with van der Waals surface area (Å²) in [5.74, 6) is 0.157. The molecule has 104 valence electrons. The van der Waals surface area contributed by atoms with Crippen LogP contribution in [0.1, 0.15) is 12.0 Å². The maximum Gasteiger partial charge on any atom is 0.513 e. The monoisotopic (exact) mass is 285 g/mol. The van der Waals surface area contributed by atoms with Crippen LogP contribution in [0.5, 0.6) is 0 Å². The highest BCUT2D eigenvalue weighted by molar-refractivity contribution is 7.48. The Labute approximate surface area is 112 Å². The Morgan fingerprint density at radius 3 is 2.95 bits per heavy atom. The van der Waals surface area contributed by atoms with Crippen molar-refractivity contribution in [3.63, 3.8) is 0 Å². The second kappa shape index (κ2) is 5.33. The third kappa shape index (κ3) is 3.23. The van der Waals surface area contributed by atoms with Crippen LogP contribution in [-0.4, -0.2) is 30.7 Å². The van der Waals surface area contributed by atoms with Gasteiger partial charge in [0.1, 0.15) is 0 Å². The summed E-state index contributed by atoms with van der Waals surface area (Å²) in [6.07, 6.45) is 0.569. The van der Waals surface area contributed by atoms with Gasteiger partial charge in [0.2, 0.25) is 0 Å². The lowest BCUT2D eigenvalue weighted by molar-refractivity contribution is -0.0378. The van der Waals surface area contributed by atoms with Gasteiger partial charge < -0.3 is 0 Å².